The van der Waals surface area contributed by atoms with Crippen LogP contribution in [0.15, 0.2) is 30.5 Å². The molecule has 182 valence electrons. The van der Waals surface area contributed by atoms with Gasteiger partial charge in [-0.2, -0.15) is 0 Å². The number of nitrogens with zero attached hydrogens (tertiary/aromatic N) is 3. The zero-order valence-electron chi connectivity index (χ0n) is 19.9. The summed E-state index contributed by atoms with van der Waals surface area (Å²) < 4.78 is 23.4. The average molecular weight is 486 g/mol. The number of benzene rings is 1. The topological polar surface area (TPSA) is 121 Å². The van der Waals surface area contributed by atoms with Gasteiger partial charge < -0.3 is 15.5 Å². The van der Waals surface area contributed by atoms with E-state index >= 15 is 0 Å². The van der Waals surface area contributed by atoms with Gasteiger partial charge in [-0.25, -0.2) is 18.4 Å². The van der Waals surface area contributed by atoms with Gasteiger partial charge in [0.05, 0.1) is 17.5 Å². The molecule has 10 heteroatoms. The number of hydrogen-bond acceptors (Lipinski definition) is 7. The van der Waals surface area contributed by atoms with Crippen LogP contribution in [0.1, 0.15) is 61.3 Å². The normalized spacial score (nSPS) is 24.2. The molecular weight excluding hydrogens is 454 g/mol. The Morgan fingerprint density at radius 1 is 1.12 bits per heavy atom. The van der Waals surface area contributed by atoms with Crippen molar-refractivity contribution < 1.29 is 18.0 Å². The third-order valence-electron chi connectivity index (χ3n) is 6.89. The molecule has 34 heavy (non-hydrogen) atoms. The second kappa shape index (κ2) is 9.32. The van der Waals surface area contributed by atoms with E-state index in [1.54, 1.807) is 24.1 Å². The highest BCUT2D eigenvalue weighted by Gasteiger charge is 2.39. The van der Waals surface area contributed by atoms with Crippen LogP contribution in [0, 0.1) is 12.8 Å². The number of aryl methyl sites for hydroxylation is 1. The van der Waals surface area contributed by atoms with E-state index in [0.29, 0.717) is 24.4 Å². The third kappa shape index (κ3) is 4.91. The Morgan fingerprint density at radius 2 is 1.82 bits per heavy atom. The molecule has 3 unspecified atom stereocenters. The van der Waals surface area contributed by atoms with Gasteiger partial charge in [0.15, 0.2) is 0 Å². The molecule has 2 N–H and O–H groups in total. The Hall–Kier alpha value is -3.01. The van der Waals surface area contributed by atoms with Crippen molar-refractivity contribution in [3.05, 3.63) is 47.3 Å². The fourth-order valence-electron chi connectivity index (χ4n) is 4.81. The van der Waals surface area contributed by atoms with E-state index in [9.17, 15) is 18.0 Å². The van der Waals surface area contributed by atoms with Crippen LogP contribution in [-0.4, -0.2) is 53.8 Å². The lowest BCUT2D eigenvalue weighted by molar-refractivity contribution is -0.117. The zero-order chi connectivity index (χ0) is 24.6. The molecule has 1 aromatic carbocycles. The van der Waals surface area contributed by atoms with Crippen LogP contribution >= 0.6 is 0 Å². The highest BCUT2D eigenvalue weighted by atomic mass is 32.2. The first-order valence-electron chi connectivity index (χ1n) is 11.6. The van der Waals surface area contributed by atoms with Crippen molar-refractivity contribution in [2.24, 2.45) is 5.92 Å². The fourth-order valence-corrected chi connectivity index (χ4v) is 6.30. The number of amides is 2. The van der Waals surface area contributed by atoms with Gasteiger partial charge in [-0.15, -0.1) is 0 Å². The lowest BCUT2D eigenvalue weighted by Crippen LogP contribution is -2.48. The van der Waals surface area contributed by atoms with Crippen LogP contribution in [0.25, 0.3) is 0 Å². The van der Waals surface area contributed by atoms with Crippen LogP contribution < -0.4 is 15.5 Å². The number of aromatic nitrogens is 2. The minimum Gasteiger partial charge on any atom is -0.349 e. The summed E-state index contributed by atoms with van der Waals surface area (Å²) >= 11 is 0. The number of hydrogen-bond donors (Lipinski definition) is 2. The van der Waals surface area contributed by atoms with Crippen LogP contribution in [-0.2, 0) is 14.6 Å². The van der Waals surface area contributed by atoms with Crippen LogP contribution in [0.2, 0.25) is 0 Å². The predicted octanol–water partition coefficient (Wildman–Crippen LogP) is 2.64. The summed E-state index contributed by atoms with van der Waals surface area (Å²) in [7, 11) is -3.00. The molecule has 2 aliphatic heterocycles. The van der Waals surface area contributed by atoms with E-state index in [-0.39, 0.29) is 47.4 Å². The maximum atomic E-state index is 13.0. The van der Waals surface area contributed by atoms with Crippen molar-refractivity contribution in [3.63, 3.8) is 0 Å². The van der Waals surface area contributed by atoms with Crippen molar-refractivity contribution in [3.8, 4) is 0 Å². The molecule has 0 aliphatic carbocycles. The van der Waals surface area contributed by atoms with E-state index in [1.807, 2.05) is 32.0 Å². The van der Waals surface area contributed by atoms with Gasteiger partial charge in [-0.3, -0.25) is 9.59 Å². The Bertz CT molecular complexity index is 1200. The number of anilines is 2. The number of rotatable bonds is 4. The quantitative estimate of drug-likeness (QED) is 0.683. The highest BCUT2D eigenvalue weighted by Crippen LogP contribution is 2.42. The molecular formula is C24H31N5O4S. The smallest absolute Gasteiger partial charge is 0.251 e. The molecule has 0 radical (unpaired) electrons. The van der Waals surface area contributed by atoms with Crippen LogP contribution in [0.3, 0.4) is 0 Å². The number of nitrogens with one attached hydrogen (secondary N) is 2. The first kappa shape index (κ1) is 24.1. The van der Waals surface area contributed by atoms with E-state index in [0.717, 1.165) is 16.9 Å². The molecule has 1 saturated heterocycles. The Kier molecular flexibility index (Phi) is 6.62. The van der Waals surface area contributed by atoms with Crippen LogP contribution in [0.5, 0.6) is 0 Å². The van der Waals surface area contributed by atoms with E-state index in [2.05, 4.69) is 27.5 Å². The van der Waals surface area contributed by atoms with Crippen molar-refractivity contribution in [1.29, 1.82) is 0 Å². The molecule has 3 atom stereocenters. The molecule has 0 spiro atoms. The summed E-state index contributed by atoms with van der Waals surface area (Å²) in [6.45, 7) is 7.51. The molecule has 1 fully saturated rings. The molecule has 2 amide bonds. The predicted molar refractivity (Wildman–Crippen MR) is 131 cm³/mol. The number of carbonyl (C=O) groups excluding carboxylic acids is 2. The van der Waals surface area contributed by atoms with Gasteiger partial charge in [0, 0.05) is 48.1 Å². The van der Waals surface area contributed by atoms with E-state index < -0.39 is 9.84 Å². The van der Waals surface area contributed by atoms with Gasteiger partial charge in [-0.1, -0.05) is 6.92 Å². The van der Waals surface area contributed by atoms with Crippen molar-refractivity contribution in [2.75, 3.05) is 21.7 Å². The monoisotopic (exact) mass is 485 g/mol. The number of sulfone groups is 1. The van der Waals surface area contributed by atoms with Crippen LogP contribution in [0.4, 0.5) is 11.6 Å². The molecule has 4 rings (SSSR count). The second-order valence-electron chi connectivity index (χ2n) is 9.31. The van der Waals surface area contributed by atoms with E-state index in [1.165, 1.54) is 0 Å². The standard InChI is InChI=1S/C24H31N5O4S/c1-14-7-10-25-24(26-14)28-22-15(2)16(3)29(17(4)30)21-6-5-18(13-20(21)22)23(31)27-19-8-11-34(32,33)12-9-19/h5-7,10,13,15-16,19,22H,8-9,11-12H2,1-4H3,(H,27,31)(H,25,26,28). The summed E-state index contributed by atoms with van der Waals surface area (Å²) in [5.41, 5.74) is 2.88. The molecule has 0 bridgehead atoms. The van der Waals surface area contributed by atoms with Crippen molar-refractivity contribution in [1.82, 2.24) is 15.3 Å². The summed E-state index contributed by atoms with van der Waals surface area (Å²) in [5, 5.41) is 6.39. The molecule has 9 nitrogen and oxygen atoms in total. The number of fused-ring (bicyclic) bond motifs is 1. The zero-order valence-corrected chi connectivity index (χ0v) is 20.7. The van der Waals surface area contributed by atoms with Gasteiger partial charge in [0.1, 0.15) is 9.84 Å². The molecule has 0 saturated carbocycles. The lowest BCUT2D eigenvalue weighted by atomic mass is 9.82. The molecule has 2 aromatic rings. The maximum Gasteiger partial charge on any atom is 0.251 e. The minimum atomic E-state index is -3.00. The third-order valence-corrected chi connectivity index (χ3v) is 8.60. The highest BCUT2D eigenvalue weighted by molar-refractivity contribution is 7.91. The van der Waals surface area contributed by atoms with Gasteiger partial charge >= 0.3 is 0 Å². The average Bonchev–Trinajstić information content (AvgIpc) is 2.78. The largest absolute Gasteiger partial charge is 0.349 e. The maximum absolute atomic E-state index is 13.0. The first-order chi connectivity index (χ1) is 16.1. The molecule has 3 heterocycles. The van der Waals surface area contributed by atoms with Crippen molar-refractivity contribution in [2.45, 2.75) is 58.7 Å². The van der Waals surface area contributed by atoms with Crippen molar-refractivity contribution >= 4 is 33.3 Å². The van der Waals surface area contributed by atoms with Gasteiger partial charge in [0.2, 0.25) is 11.9 Å². The van der Waals surface area contributed by atoms with Gasteiger partial charge in [-0.05, 0) is 56.5 Å². The lowest BCUT2D eigenvalue weighted by Gasteiger charge is -2.44. The molecule has 1 aromatic heterocycles. The van der Waals surface area contributed by atoms with E-state index in [4.69, 9.17) is 0 Å². The second-order valence-corrected chi connectivity index (χ2v) is 11.6. The first-order valence-corrected chi connectivity index (χ1v) is 13.4. The minimum absolute atomic E-state index is 0.0161. The van der Waals surface area contributed by atoms with Gasteiger partial charge in [0.25, 0.3) is 5.91 Å². The SMILES string of the molecule is CC(=O)N1c2ccc(C(=O)NC3CCS(=O)(=O)CC3)cc2C(Nc2nccc(C)n2)C(C)C1C. The number of carbonyl (C=O) groups is 2. The summed E-state index contributed by atoms with van der Waals surface area (Å²) in [6.07, 6.45) is 2.53. The fraction of sp³-hybridized carbons (Fsp3) is 0.500. The summed E-state index contributed by atoms with van der Waals surface area (Å²) in [5.74, 6) is 0.373. The summed E-state index contributed by atoms with van der Waals surface area (Å²) in [6, 6.07) is 6.71. The Balaban J connectivity index is 1.66. The Morgan fingerprint density at radius 3 is 2.47 bits per heavy atom. The summed E-state index contributed by atoms with van der Waals surface area (Å²) in [4.78, 5) is 36.1. The molecule has 2 aliphatic rings. The Labute approximate surface area is 200 Å².